The molecule has 2 aromatic rings. The first-order valence-corrected chi connectivity index (χ1v) is 12.9. The van der Waals surface area contributed by atoms with E-state index in [0.717, 1.165) is 25.7 Å². The Hall–Kier alpha value is -2.73. The normalized spacial score (nSPS) is 18.5. The van der Waals surface area contributed by atoms with E-state index in [9.17, 15) is 14.0 Å². The second-order valence-corrected chi connectivity index (χ2v) is 11.0. The van der Waals surface area contributed by atoms with E-state index < -0.39 is 0 Å². The van der Waals surface area contributed by atoms with Gasteiger partial charge in [-0.05, 0) is 47.9 Å². The van der Waals surface area contributed by atoms with Crippen molar-refractivity contribution >= 4 is 11.8 Å². The lowest BCUT2D eigenvalue weighted by Gasteiger charge is -2.40. The number of carbonyl (C=O) groups excluding carboxylic acids is 2. The number of halogens is 1. The van der Waals surface area contributed by atoms with Crippen molar-refractivity contribution in [3.05, 3.63) is 71.0 Å². The molecule has 35 heavy (non-hydrogen) atoms. The summed E-state index contributed by atoms with van der Waals surface area (Å²) >= 11 is 0. The van der Waals surface area contributed by atoms with Crippen molar-refractivity contribution in [3.63, 3.8) is 0 Å². The van der Waals surface area contributed by atoms with Gasteiger partial charge < -0.3 is 10.2 Å². The number of hydrogen-bond donors (Lipinski definition) is 1. The number of piperazine rings is 1. The molecule has 2 aliphatic rings. The summed E-state index contributed by atoms with van der Waals surface area (Å²) in [6.07, 6.45) is 4.36. The highest BCUT2D eigenvalue weighted by Gasteiger charge is 2.37. The first kappa shape index (κ1) is 25.4. The van der Waals surface area contributed by atoms with E-state index in [-0.39, 0.29) is 35.6 Å². The van der Waals surface area contributed by atoms with Crippen LogP contribution in [0.1, 0.15) is 67.9 Å². The minimum Gasteiger partial charge on any atom is -0.351 e. The summed E-state index contributed by atoms with van der Waals surface area (Å²) in [4.78, 5) is 30.5. The molecule has 1 saturated heterocycles. The fraction of sp³-hybridized carbons (Fsp3) is 0.517. The second kappa shape index (κ2) is 10.9. The molecule has 1 heterocycles. The average molecular weight is 480 g/mol. The highest BCUT2D eigenvalue weighted by molar-refractivity contribution is 5.94. The zero-order valence-corrected chi connectivity index (χ0v) is 21.2. The molecule has 0 aromatic heterocycles. The third kappa shape index (κ3) is 6.10. The number of hydrogen-bond acceptors (Lipinski definition) is 3. The van der Waals surface area contributed by atoms with Crippen LogP contribution in [0.5, 0.6) is 0 Å². The van der Waals surface area contributed by atoms with Gasteiger partial charge in [0.2, 0.25) is 5.91 Å². The van der Waals surface area contributed by atoms with Gasteiger partial charge in [0.25, 0.3) is 5.91 Å². The number of rotatable bonds is 6. The minimum absolute atomic E-state index is 0.0299. The first-order valence-electron chi connectivity index (χ1n) is 12.9. The standard InChI is InChI=1S/C29H38FN3O2/c1-29(2,3)24-14-12-22(13-15-24)28(35)33-18-16-32(17-19-33)26(21-8-4-5-9-21)27(34)31-20-23-10-6-7-11-25(23)30/h6-7,10-15,21,26H,4-5,8-9,16-20H2,1-3H3,(H,31,34)/t26-/m0/s1. The Morgan fingerprint density at radius 3 is 2.20 bits per heavy atom. The Kier molecular flexibility index (Phi) is 7.90. The Morgan fingerprint density at radius 1 is 0.971 bits per heavy atom. The molecule has 2 amide bonds. The number of nitrogens with zero attached hydrogens (tertiary/aromatic N) is 2. The molecule has 1 atom stereocenters. The lowest BCUT2D eigenvalue weighted by molar-refractivity contribution is -0.129. The second-order valence-electron chi connectivity index (χ2n) is 11.0. The minimum atomic E-state index is -0.298. The van der Waals surface area contributed by atoms with Crippen LogP contribution in [-0.4, -0.2) is 53.8 Å². The topological polar surface area (TPSA) is 52.7 Å². The monoisotopic (exact) mass is 479 g/mol. The molecule has 1 saturated carbocycles. The molecule has 0 unspecified atom stereocenters. The molecule has 2 aromatic carbocycles. The molecule has 1 aliphatic heterocycles. The van der Waals surface area contributed by atoms with E-state index in [0.29, 0.717) is 43.2 Å². The van der Waals surface area contributed by atoms with Crippen LogP contribution in [0.15, 0.2) is 48.5 Å². The van der Waals surface area contributed by atoms with Crippen molar-refractivity contribution in [2.45, 2.75) is 64.5 Å². The van der Waals surface area contributed by atoms with E-state index >= 15 is 0 Å². The quantitative estimate of drug-likeness (QED) is 0.650. The summed E-state index contributed by atoms with van der Waals surface area (Å²) in [5.74, 6) is 0.0277. The van der Waals surface area contributed by atoms with Gasteiger partial charge in [0.15, 0.2) is 0 Å². The number of nitrogens with one attached hydrogen (secondary N) is 1. The Morgan fingerprint density at radius 2 is 1.60 bits per heavy atom. The summed E-state index contributed by atoms with van der Waals surface area (Å²) in [6, 6.07) is 14.3. The van der Waals surface area contributed by atoms with Crippen molar-refractivity contribution in [3.8, 4) is 0 Å². The van der Waals surface area contributed by atoms with Gasteiger partial charge in [0.1, 0.15) is 5.82 Å². The molecule has 0 bridgehead atoms. The maximum Gasteiger partial charge on any atom is 0.253 e. The van der Waals surface area contributed by atoms with Crippen molar-refractivity contribution in [1.82, 2.24) is 15.1 Å². The Labute approximate surface area is 208 Å². The first-order chi connectivity index (χ1) is 16.7. The third-order valence-corrected chi connectivity index (χ3v) is 7.52. The SMILES string of the molecule is CC(C)(C)c1ccc(C(=O)N2CCN([C@H](C(=O)NCc3ccccc3F)C3CCCC3)CC2)cc1. The van der Waals surface area contributed by atoms with Gasteiger partial charge in [-0.3, -0.25) is 14.5 Å². The molecule has 6 heteroatoms. The highest BCUT2D eigenvalue weighted by atomic mass is 19.1. The predicted molar refractivity (Wildman–Crippen MR) is 137 cm³/mol. The van der Waals surface area contributed by atoms with Gasteiger partial charge >= 0.3 is 0 Å². The number of benzene rings is 2. The largest absolute Gasteiger partial charge is 0.351 e. The Bertz CT molecular complexity index is 1020. The van der Waals surface area contributed by atoms with E-state index in [1.54, 1.807) is 18.2 Å². The van der Waals surface area contributed by atoms with Crippen LogP contribution in [-0.2, 0) is 16.8 Å². The van der Waals surface area contributed by atoms with Gasteiger partial charge in [-0.15, -0.1) is 0 Å². The molecule has 4 rings (SSSR count). The van der Waals surface area contributed by atoms with Crippen LogP contribution >= 0.6 is 0 Å². The molecule has 0 spiro atoms. The predicted octanol–water partition coefficient (Wildman–Crippen LogP) is 4.76. The fourth-order valence-corrected chi connectivity index (χ4v) is 5.38. The van der Waals surface area contributed by atoms with Gasteiger partial charge in [0.05, 0.1) is 6.04 Å². The van der Waals surface area contributed by atoms with Crippen LogP contribution in [0, 0.1) is 11.7 Å². The van der Waals surface area contributed by atoms with Gasteiger partial charge in [-0.2, -0.15) is 0 Å². The van der Waals surface area contributed by atoms with Crippen LogP contribution in [0.2, 0.25) is 0 Å². The number of carbonyl (C=O) groups is 2. The molecule has 5 nitrogen and oxygen atoms in total. The zero-order valence-electron chi connectivity index (χ0n) is 21.2. The maximum atomic E-state index is 14.0. The van der Waals surface area contributed by atoms with E-state index in [4.69, 9.17) is 0 Å². The summed E-state index contributed by atoms with van der Waals surface area (Å²) in [7, 11) is 0. The van der Waals surface area contributed by atoms with Gasteiger partial charge in [-0.25, -0.2) is 4.39 Å². The van der Waals surface area contributed by atoms with Gasteiger partial charge in [0, 0.05) is 43.9 Å². The third-order valence-electron chi connectivity index (χ3n) is 7.52. The molecule has 1 N–H and O–H groups in total. The lowest BCUT2D eigenvalue weighted by atomic mass is 9.86. The van der Waals surface area contributed by atoms with E-state index in [1.807, 2.05) is 29.2 Å². The Balaban J connectivity index is 1.38. The van der Waals surface area contributed by atoms with Crippen LogP contribution in [0.25, 0.3) is 0 Å². The smallest absolute Gasteiger partial charge is 0.253 e. The molecule has 2 fully saturated rings. The molecule has 0 radical (unpaired) electrons. The summed E-state index contributed by atoms with van der Waals surface area (Å²) in [5.41, 5.74) is 2.47. The molecular formula is C29H38FN3O2. The zero-order chi connectivity index (χ0) is 25.0. The fourth-order valence-electron chi connectivity index (χ4n) is 5.38. The summed E-state index contributed by atoms with van der Waals surface area (Å²) in [6.45, 7) is 9.22. The van der Waals surface area contributed by atoms with Crippen LogP contribution in [0.3, 0.4) is 0 Å². The van der Waals surface area contributed by atoms with Crippen LogP contribution < -0.4 is 5.32 Å². The van der Waals surface area contributed by atoms with Crippen molar-refractivity contribution < 1.29 is 14.0 Å². The van der Waals surface area contributed by atoms with Gasteiger partial charge in [-0.1, -0.05) is 63.9 Å². The molecule has 188 valence electrons. The lowest BCUT2D eigenvalue weighted by Crippen LogP contribution is -2.57. The van der Waals surface area contributed by atoms with Crippen molar-refractivity contribution in [1.29, 1.82) is 0 Å². The maximum absolute atomic E-state index is 14.0. The molecule has 1 aliphatic carbocycles. The van der Waals surface area contributed by atoms with E-state index in [1.165, 1.54) is 11.6 Å². The average Bonchev–Trinajstić information content (AvgIpc) is 3.37. The summed E-state index contributed by atoms with van der Waals surface area (Å²) in [5, 5.41) is 2.99. The van der Waals surface area contributed by atoms with Crippen molar-refractivity contribution in [2.24, 2.45) is 5.92 Å². The highest BCUT2D eigenvalue weighted by Crippen LogP contribution is 2.31. The van der Waals surface area contributed by atoms with Crippen LogP contribution in [0.4, 0.5) is 4.39 Å². The van der Waals surface area contributed by atoms with Crippen molar-refractivity contribution in [2.75, 3.05) is 26.2 Å². The van der Waals surface area contributed by atoms with E-state index in [2.05, 4.69) is 31.0 Å². The summed E-state index contributed by atoms with van der Waals surface area (Å²) < 4.78 is 14.0. The number of amides is 2. The molecular weight excluding hydrogens is 441 g/mol.